The van der Waals surface area contributed by atoms with Gasteiger partial charge in [-0.3, -0.25) is 0 Å². The van der Waals surface area contributed by atoms with Crippen molar-refractivity contribution in [1.29, 1.82) is 0 Å². The first-order valence-corrected chi connectivity index (χ1v) is 4.71. The molecule has 0 atom stereocenters. The molecular weight excluding hydrogens is 194 g/mol. The number of carbonyl (C=O) groups is 1. The molecule has 0 heterocycles. The van der Waals surface area contributed by atoms with Crippen molar-refractivity contribution in [2.24, 2.45) is 0 Å². The van der Waals surface area contributed by atoms with Crippen molar-refractivity contribution in [1.82, 2.24) is 4.90 Å². The Labute approximate surface area is 89.4 Å². The molecule has 0 radical (unpaired) electrons. The second kappa shape index (κ2) is 6.03. The monoisotopic (exact) mass is 209 g/mol. The van der Waals surface area contributed by atoms with Crippen molar-refractivity contribution in [2.45, 2.75) is 0 Å². The third-order valence-corrected chi connectivity index (χ3v) is 1.89. The van der Waals surface area contributed by atoms with Crippen LogP contribution in [-0.4, -0.2) is 38.3 Å². The summed E-state index contributed by atoms with van der Waals surface area (Å²) in [7, 11) is 3.26. The third kappa shape index (κ3) is 3.99. The molecule has 0 unspecified atom stereocenters. The quantitative estimate of drug-likeness (QED) is 0.758. The number of para-hydroxylation sites is 1. The molecule has 1 aromatic rings. The summed E-state index contributed by atoms with van der Waals surface area (Å²) in [4.78, 5) is 12.9. The normalized spacial score (nSPS) is 9.73. The summed E-state index contributed by atoms with van der Waals surface area (Å²) < 4.78 is 9.97. The molecule has 82 valence electrons. The number of rotatable bonds is 4. The molecule has 1 amide bonds. The number of nitrogens with zero attached hydrogens (tertiary/aromatic N) is 1. The molecule has 4 heteroatoms. The van der Waals surface area contributed by atoms with Gasteiger partial charge in [-0.05, 0) is 12.1 Å². The molecule has 1 rings (SSSR count). The second-order valence-electron chi connectivity index (χ2n) is 3.10. The van der Waals surface area contributed by atoms with E-state index in [1.807, 2.05) is 18.2 Å². The van der Waals surface area contributed by atoms with Crippen LogP contribution >= 0.6 is 0 Å². The molecule has 0 aliphatic carbocycles. The van der Waals surface area contributed by atoms with Crippen LogP contribution in [0.1, 0.15) is 0 Å². The molecular formula is C11H15NO3. The highest BCUT2D eigenvalue weighted by Crippen LogP contribution is 2.09. The van der Waals surface area contributed by atoms with E-state index in [1.165, 1.54) is 4.90 Å². The van der Waals surface area contributed by atoms with Gasteiger partial charge in [-0.25, -0.2) is 4.79 Å². The molecule has 0 saturated heterocycles. The fourth-order valence-corrected chi connectivity index (χ4v) is 0.987. The van der Waals surface area contributed by atoms with Crippen molar-refractivity contribution in [3.05, 3.63) is 30.3 Å². The zero-order valence-electron chi connectivity index (χ0n) is 8.97. The van der Waals surface area contributed by atoms with Gasteiger partial charge in [0.15, 0.2) is 0 Å². The number of ether oxygens (including phenoxy) is 2. The predicted molar refractivity (Wildman–Crippen MR) is 57.0 cm³/mol. The van der Waals surface area contributed by atoms with Gasteiger partial charge in [0.2, 0.25) is 0 Å². The first-order valence-electron chi connectivity index (χ1n) is 4.71. The van der Waals surface area contributed by atoms with E-state index < -0.39 is 0 Å². The first-order chi connectivity index (χ1) is 7.24. The molecule has 0 spiro atoms. The van der Waals surface area contributed by atoms with E-state index in [0.29, 0.717) is 18.9 Å². The summed E-state index contributed by atoms with van der Waals surface area (Å²) in [6.07, 6.45) is -0.377. The van der Waals surface area contributed by atoms with Crippen molar-refractivity contribution in [3.8, 4) is 5.75 Å². The van der Waals surface area contributed by atoms with Gasteiger partial charge < -0.3 is 14.4 Å². The second-order valence-corrected chi connectivity index (χ2v) is 3.10. The number of likely N-dealkylation sites (N-methyl/N-ethyl adjacent to an activating group) is 1. The number of amides is 1. The van der Waals surface area contributed by atoms with E-state index in [-0.39, 0.29) is 6.09 Å². The molecule has 0 aliphatic rings. The summed E-state index contributed by atoms with van der Waals surface area (Å²) in [5.41, 5.74) is 0. The van der Waals surface area contributed by atoms with Gasteiger partial charge in [0, 0.05) is 20.7 Å². The van der Waals surface area contributed by atoms with E-state index >= 15 is 0 Å². The smallest absolute Gasteiger partial charge is 0.410 e. The van der Waals surface area contributed by atoms with E-state index in [4.69, 9.17) is 9.47 Å². The van der Waals surface area contributed by atoms with Gasteiger partial charge in [0.05, 0.1) is 6.61 Å². The van der Waals surface area contributed by atoms with Crippen LogP contribution in [0.4, 0.5) is 4.79 Å². The summed E-state index contributed by atoms with van der Waals surface area (Å²) in [5, 5.41) is 0. The summed E-state index contributed by atoms with van der Waals surface area (Å²) in [6, 6.07) is 8.98. The van der Waals surface area contributed by atoms with Gasteiger partial charge in [-0.2, -0.15) is 0 Å². The Balaban J connectivity index is 2.42. The summed E-state index contributed by atoms with van der Waals surface area (Å²) in [6.45, 7) is 1.02. The number of benzene rings is 1. The Hall–Kier alpha value is -1.55. The van der Waals surface area contributed by atoms with E-state index in [9.17, 15) is 4.79 Å². The largest absolute Gasteiger partial charge is 0.415 e. The van der Waals surface area contributed by atoms with Gasteiger partial charge in [0.25, 0.3) is 0 Å². The maximum atomic E-state index is 11.5. The van der Waals surface area contributed by atoms with Crippen LogP contribution < -0.4 is 4.74 Å². The van der Waals surface area contributed by atoms with Crippen LogP contribution in [0, 0.1) is 0 Å². The van der Waals surface area contributed by atoms with Crippen LogP contribution in [0.15, 0.2) is 30.3 Å². The highest BCUT2D eigenvalue weighted by atomic mass is 16.6. The lowest BCUT2D eigenvalue weighted by atomic mass is 10.3. The zero-order chi connectivity index (χ0) is 11.1. The van der Waals surface area contributed by atoms with Crippen LogP contribution in [0.2, 0.25) is 0 Å². The minimum Gasteiger partial charge on any atom is -0.410 e. The minimum atomic E-state index is -0.377. The van der Waals surface area contributed by atoms with E-state index in [0.717, 1.165) is 0 Å². The molecule has 0 bridgehead atoms. The standard InChI is InChI=1S/C11H15NO3/c1-12(8-9-14-2)11(13)15-10-6-4-3-5-7-10/h3-7H,8-9H2,1-2H3. The van der Waals surface area contributed by atoms with Gasteiger partial charge in [-0.15, -0.1) is 0 Å². The van der Waals surface area contributed by atoms with E-state index in [2.05, 4.69) is 0 Å². The maximum absolute atomic E-state index is 11.5. The average molecular weight is 209 g/mol. The lowest BCUT2D eigenvalue weighted by Gasteiger charge is -2.15. The fraction of sp³-hybridized carbons (Fsp3) is 0.364. The van der Waals surface area contributed by atoms with Gasteiger partial charge in [-0.1, -0.05) is 18.2 Å². The minimum absolute atomic E-state index is 0.377. The van der Waals surface area contributed by atoms with Crippen molar-refractivity contribution >= 4 is 6.09 Å². The highest BCUT2D eigenvalue weighted by molar-refractivity contribution is 5.70. The Morgan fingerprint density at radius 3 is 2.60 bits per heavy atom. The Morgan fingerprint density at radius 1 is 1.33 bits per heavy atom. The molecule has 1 aromatic carbocycles. The van der Waals surface area contributed by atoms with Crippen LogP contribution in [0.25, 0.3) is 0 Å². The molecule has 4 nitrogen and oxygen atoms in total. The SMILES string of the molecule is COCCN(C)C(=O)Oc1ccccc1. The van der Waals surface area contributed by atoms with Crippen molar-refractivity contribution in [2.75, 3.05) is 27.3 Å². The molecule has 0 N–H and O–H groups in total. The van der Waals surface area contributed by atoms with Crippen molar-refractivity contribution in [3.63, 3.8) is 0 Å². The van der Waals surface area contributed by atoms with E-state index in [1.54, 1.807) is 26.3 Å². The van der Waals surface area contributed by atoms with Crippen LogP contribution in [0.3, 0.4) is 0 Å². The van der Waals surface area contributed by atoms with Crippen molar-refractivity contribution < 1.29 is 14.3 Å². The number of hydrogen-bond acceptors (Lipinski definition) is 3. The van der Waals surface area contributed by atoms with Crippen LogP contribution in [-0.2, 0) is 4.74 Å². The Morgan fingerprint density at radius 2 is 2.00 bits per heavy atom. The zero-order valence-corrected chi connectivity index (χ0v) is 8.97. The summed E-state index contributed by atoms with van der Waals surface area (Å²) in [5.74, 6) is 0.548. The van der Waals surface area contributed by atoms with Gasteiger partial charge in [0.1, 0.15) is 5.75 Å². The Kier molecular flexibility index (Phi) is 4.63. The lowest BCUT2D eigenvalue weighted by Crippen LogP contribution is -2.32. The van der Waals surface area contributed by atoms with Gasteiger partial charge >= 0.3 is 6.09 Å². The Bertz CT molecular complexity index is 300. The first kappa shape index (κ1) is 11.5. The topological polar surface area (TPSA) is 38.8 Å². The highest BCUT2D eigenvalue weighted by Gasteiger charge is 2.09. The number of carbonyl (C=O) groups excluding carboxylic acids is 1. The lowest BCUT2D eigenvalue weighted by molar-refractivity contribution is 0.135. The summed E-state index contributed by atoms with van der Waals surface area (Å²) >= 11 is 0. The molecule has 0 saturated carbocycles. The molecule has 0 fully saturated rings. The number of methoxy groups -OCH3 is 1. The maximum Gasteiger partial charge on any atom is 0.415 e. The molecule has 0 aliphatic heterocycles. The number of hydrogen-bond donors (Lipinski definition) is 0. The van der Waals surface area contributed by atoms with Crippen LogP contribution in [0.5, 0.6) is 5.75 Å². The average Bonchev–Trinajstić information content (AvgIpc) is 2.27. The molecule has 0 aromatic heterocycles. The molecule has 15 heavy (non-hydrogen) atoms. The third-order valence-electron chi connectivity index (χ3n) is 1.89. The predicted octanol–water partition coefficient (Wildman–Crippen LogP) is 1.76. The fourth-order valence-electron chi connectivity index (χ4n) is 0.987.